The molecule has 2 aromatic rings. The molecule has 25 heavy (non-hydrogen) atoms. The summed E-state index contributed by atoms with van der Waals surface area (Å²) in [7, 11) is 4.02. The fourth-order valence-corrected chi connectivity index (χ4v) is 2.82. The summed E-state index contributed by atoms with van der Waals surface area (Å²) in [5, 5.41) is 6.45. The Hall–Kier alpha value is -2.59. The van der Waals surface area contributed by atoms with E-state index in [1.54, 1.807) is 24.3 Å². The van der Waals surface area contributed by atoms with Crippen molar-refractivity contribution in [1.82, 2.24) is 0 Å². The van der Waals surface area contributed by atoms with Crippen molar-refractivity contribution in [3.8, 4) is 0 Å². The van der Waals surface area contributed by atoms with E-state index in [1.807, 2.05) is 46.2 Å². The Bertz CT molecular complexity index is 882. The van der Waals surface area contributed by atoms with Crippen LogP contribution in [-0.4, -0.2) is 25.7 Å². The van der Waals surface area contributed by atoms with Gasteiger partial charge < -0.3 is 4.90 Å². The predicted molar refractivity (Wildman–Crippen MR) is 106 cm³/mol. The Morgan fingerprint density at radius 1 is 1.08 bits per heavy atom. The van der Waals surface area contributed by atoms with Crippen LogP contribution in [0, 0.1) is 6.92 Å². The van der Waals surface area contributed by atoms with Gasteiger partial charge in [-0.1, -0.05) is 17.7 Å². The lowest BCUT2D eigenvalue weighted by Crippen LogP contribution is -2.21. The van der Waals surface area contributed by atoms with Crippen molar-refractivity contribution in [3.05, 3.63) is 64.2 Å². The lowest BCUT2D eigenvalue weighted by Gasteiger charge is -2.14. The third-order valence-corrected chi connectivity index (χ3v) is 4.46. The lowest BCUT2D eigenvalue weighted by atomic mass is 10.0. The Labute approximate surface area is 153 Å². The van der Waals surface area contributed by atoms with Crippen LogP contribution in [0.4, 0.5) is 11.4 Å². The molecule has 0 bridgehead atoms. The zero-order valence-corrected chi connectivity index (χ0v) is 15.5. The Balaban J connectivity index is 1.93. The molecule has 0 atom stereocenters. The van der Waals surface area contributed by atoms with Crippen LogP contribution in [0.15, 0.2) is 53.1 Å². The van der Waals surface area contributed by atoms with E-state index in [0.717, 1.165) is 16.8 Å². The highest BCUT2D eigenvalue weighted by Crippen LogP contribution is 2.27. The number of hydrazone groups is 1. The van der Waals surface area contributed by atoms with E-state index >= 15 is 0 Å². The Kier molecular flexibility index (Phi) is 4.64. The maximum atomic E-state index is 12.8. The van der Waals surface area contributed by atoms with Crippen molar-refractivity contribution in [2.24, 2.45) is 5.10 Å². The normalized spacial score (nSPS) is 15.7. The van der Waals surface area contributed by atoms with Crippen molar-refractivity contribution >= 4 is 40.7 Å². The van der Waals surface area contributed by atoms with Gasteiger partial charge >= 0.3 is 0 Å². The SMILES string of the molecule is CC1=NN(c2ccc(Cl)cc2)C(=O)/C1=C/c1ccc(N(C)C)cc1C. The van der Waals surface area contributed by atoms with Gasteiger partial charge in [-0.2, -0.15) is 10.1 Å². The van der Waals surface area contributed by atoms with Crippen molar-refractivity contribution < 1.29 is 4.79 Å². The maximum absolute atomic E-state index is 12.8. The number of benzene rings is 2. The van der Waals surface area contributed by atoms with E-state index in [1.165, 1.54) is 5.01 Å². The van der Waals surface area contributed by atoms with Crippen molar-refractivity contribution in [2.45, 2.75) is 13.8 Å². The second-order valence-electron chi connectivity index (χ2n) is 6.27. The summed E-state index contributed by atoms with van der Waals surface area (Å²) in [5.74, 6) is -0.129. The van der Waals surface area contributed by atoms with Crippen LogP contribution in [0.25, 0.3) is 6.08 Å². The number of aryl methyl sites for hydroxylation is 1. The van der Waals surface area contributed by atoms with E-state index in [9.17, 15) is 4.79 Å². The first-order chi connectivity index (χ1) is 11.9. The van der Waals surface area contributed by atoms with E-state index < -0.39 is 0 Å². The largest absolute Gasteiger partial charge is 0.378 e. The monoisotopic (exact) mass is 353 g/mol. The summed E-state index contributed by atoms with van der Waals surface area (Å²) in [6, 6.07) is 13.3. The summed E-state index contributed by atoms with van der Waals surface area (Å²) in [5.41, 5.74) is 5.28. The first-order valence-corrected chi connectivity index (χ1v) is 8.40. The number of amides is 1. The van der Waals surface area contributed by atoms with Crippen LogP contribution in [0.1, 0.15) is 18.1 Å². The molecule has 0 saturated heterocycles. The highest BCUT2D eigenvalue weighted by molar-refractivity contribution is 6.32. The fourth-order valence-electron chi connectivity index (χ4n) is 2.70. The van der Waals surface area contributed by atoms with E-state index in [4.69, 9.17) is 11.6 Å². The van der Waals surface area contributed by atoms with Crippen LogP contribution in [0.5, 0.6) is 0 Å². The molecule has 0 fully saturated rings. The zero-order valence-electron chi connectivity index (χ0n) is 14.7. The van der Waals surface area contributed by atoms with Gasteiger partial charge in [-0.15, -0.1) is 0 Å². The first-order valence-electron chi connectivity index (χ1n) is 8.02. The average molecular weight is 354 g/mol. The summed E-state index contributed by atoms with van der Waals surface area (Å²) < 4.78 is 0. The lowest BCUT2D eigenvalue weighted by molar-refractivity contribution is -0.114. The van der Waals surface area contributed by atoms with Crippen molar-refractivity contribution in [2.75, 3.05) is 24.0 Å². The van der Waals surface area contributed by atoms with Crippen molar-refractivity contribution in [1.29, 1.82) is 0 Å². The standard InChI is InChI=1S/C20H20ClN3O/c1-13-11-18(23(3)4)8-5-15(13)12-19-14(2)22-24(20(19)25)17-9-6-16(21)7-10-17/h5-12H,1-4H3/b19-12+. The van der Waals surface area contributed by atoms with Gasteiger partial charge in [0.25, 0.3) is 5.91 Å². The molecule has 0 radical (unpaired) electrons. The molecule has 3 rings (SSSR count). The summed E-state index contributed by atoms with van der Waals surface area (Å²) in [6.07, 6.45) is 1.91. The second kappa shape index (κ2) is 6.73. The fraction of sp³-hybridized carbons (Fsp3) is 0.200. The molecule has 2 aromatic carbocycles. The number of hydrogen-bond donors (Lipinski definition) is 0. The molecule has 0 aromatic heterocycles. The van der Waals surface area contributed by atoms with Gasteiger partial charge in [0.05, 0.1) is 17.0 Å². The maximum Gasteiger partial charge on any atom is 0.280 e. The van der Waals surface area contributed by atoms with Gasteiger partial charge in [0.1, 0.15) is 0 Å². The van der Waals surface area contributed by atoms with Gasteiger partial charge in [0.15, 0.2) is 0 Å². The summed E-state index contributed by atoms with van der Waals surface area (Å²) >= 11 is 5.92. The van der Waals surface area contributed by atoms with Crippen LogP contribution in [0.3, 0.4) is 0 Å². The van der Waals surface area contributed by atoms with E-state index in [0.29, 0.717) is 22.0 Å². The molecule has 128 valence electrons. The molecule has 0 saturated carbocycles. The third-order valence-electron chi connectivity index (χ3n) is 4.20. The number of hydrogen-bond acceptors (Lipinski definition) is 3. The molecular weight excluding hydrogens is 334 g/mol. The van der Waals surface area contributed by atoms with Crippen LogP contribution in [0.2, 0.25) is 5.02 Å². The number of nitrogens with zero attached hydrogens (tertiary/aromatic N) is 3. The van der Waals surface area contributed by atoms with Gasteiger partial charge in [-0.25, -0.2) is 0 Å². The molecule has 0 N–H and O–H groups in total. The first kappa shape index (κ1) is 17.2. The Morgan fingerprint density at radius 2 is 1.76 bits per heavy atom. The molecule has 1 heterocycles. The number of anilines is 2. The molecule has 1 aliphatic heterocycles. The second-order valence-corrected chi connectivity index (χ2v) is 6.71. The molecule has 0 aliphatic carbocycles. The number of halogens is 1. The minimum atomic E-state index is -0.129. The molecule has 4 nitrogen and oxygen atoms in total. The molecular formula is C20H20ClN3O. The van der Waals surface area contributed by atoms with Crippen LogP contribution < -0.4 is 9.91 Å². The summed E-state index contributed by atoms with van der Waals surface area (Å²) in [6.45, 7) is 3.89. The van der Waals surface area contributed by atoms with Gasteiger partial charge in [-0.3, -0.25) is 4.79 Å². The predicted octanol–water partition coefficient (Wildman–Crippen LogP) is 4.52. The molecule has 5 heteroatoms. The number of carbonyl (C=O) groups is 1. The van der Waals surface area contributed by atoms with Gasteiger partial charge in [-0.05, 0) is 67.4 Å². The molecule has 1 amide bonds. The highest BCUT2D eigenvalue weighted by Gasteiger charge is 2.28. The molecule has 1 aliphatic rings. The van der Waals surface area contributed by atoms with Gasteiger partial charge in [0.2, 0.25) is 0 Å². The summed E-state index contributed by atoms with van der Waals surface area (Å²) in [4.78, 5) is 14.8. The smallest absolute Gasteiger partial charge is 0.280 e. The molecule has 0 unspecified atom stereocenters. The number of rotatable bonds is 3. The number of carbonyl (C=O) groups excluding carboxylic acids is 1. The topological polar surface area (TPSA) is 35.9 Å². The van der Waals surface area contributed by atoms with Crippen LogP contribution >= 0.6 is 11.6 Å². The third kappa shape index (κ3) is 3.44. The molecule has 0 spiro atoms. The zero-order chi connectivity index (χ0) is 18.1. The minimum absolute atomic E-state index is 0.129. The van der Waals surface area contributed by atoms with Gasteiger partial charge in [0, 0.05) is 24.8 Å². The van der Waals surface area contributed by atoms with E-state index in [2.05, 4.69) is 16.1 Å². The van der Waals surface area contributed by atoms with Crippen LogP contribution in [-0.2, 0) is 4.79 Å². The quantitative estimate of drug-likeness (QED) is 0.760. The Morgan fingerprint density at radius 3 is 2.36 bits per heavy atom. The minimum Gasteiger partial charge on any atom is -0.378 e. The van der Waals surface area contributed by atoms with Crippen molar-refractivity contribution in [3.63, 3.8) is 0 Å². The highest BCUT2D eigenvalue weighted by atomic mass is 35.5. The average Bonchev–Trinajstić information content (AvgIpc) is 2.85. The van der Waals surface area contributed by atoms with E-state index in [-0.39, 0.29) is 5.91 Å².